The molecule has 1 atom stereocenters. The van der Waals surface area contributed by atoms with Gasteiger partial charge in [0.25, 0.3) is 0 Å². The van der Waals surface area contributed by atoms with Crippen LogP contribution in [0.25, 0.3) is 11.0 Å². The van der Waals surface area contributed by atoms with Crippen molar-refractivity contribution in [2.24, 2.45) is 0 Å². The van der Waals surface area contributed by atoms with E-state index in [2.05, 4.69) is 21.4 Å². The average molecular weight is 477 g/mol. The van der Waals surface area contributed by atoms with Crippen molar-refractivity contribution >= 4 is 17.1 Å². The molecule has 2 aliphatic heterocycles. The molecule has 35 heavy (non-hydrogen) atoms. The van der Waals surface area contributed by atoms with Crippen molar-refractivity contribution in [2.75, 3.05) is 26.7 Å². The number of amides is 1. The lowest BCUT2D eigenvalue weighted by atomic mass is 10.0. The van der Waals surface area contributed by atoms with Crippen molar-refractivity contribution in [2.45, 2.75) is 31.8 Å². The van der Waals surface area contributed by atoms with E-state index in [4.69, 9.17) is 18.9 Å². The fraction of sp³-hybridized carbons (Fsp3) is 0.346. The minimum atomic E-state index is -0.436. The molecule has 2 aromatic rings. The smallest absolute Gasteiger partial charge is 0.417 e. The number of methoxy groups -OCH3 is 1. The second kappa shape index (κ2) is 10.6. The Morgan fingerprint density at radius 2 is 2.20 bits per heavy atom. The quantitative estimate of drug-likeness (QED) is 0.544. The summed E-state index contributed by atoms with van der Waals surface area (Å²) < 4.78 is 22.2. The summed E-state index contributed by atoms with van der Waals surface area (Å²) in [6.45, 7) is 1.73. The summed E-state index contributed by atoms with van der Waals surface area (Å²) in [5.41, 5.74) is 3.89. The maximum atomic E-state index is 12.4. The third-order valence-corrected chi connectivity index (χ3v) is 6.05. The molecule has 1 saturated heterocycles. The van der Waals surface area contributed by atoms with E-state index in [9.17, 15) is 4.79 Å². The topological polar surface area (TPSA) is 95.0 Å². The van der Waals surface area contributed by atoms with Crippen molar-refractivity contribution in [1.29, 1.82) is 0 Å². The van der Waals surface area contributed by atoms with Gasteiger partial charge >= 0.3 is 6.09 Å². The molecule has 9 nitrogen and oxygen atoms in total. The van der Waals surface area contributed by atoms with E-state index < -0.39 is 6.09 Å². The molecule has 2 aromatic heterocycles. The molecule has 9 heteroatoms. The third-order valence-electron chi connectivity index (χ3n) is 6.05. The second-order valence-corrected chi connectivity index (χ2v) is 8.45. The molecular formula is C26H28N4O5. The van der Waals surface area contributed by atoms with Gasteiger partial charge in [-0.05, 0) is 55.5 Å². The maximum absolute atomic E-state index is 12.4. The summed E-state index contributed by atoms with van der Waals surface area (Å²) in [5, 5.41) is 3.39. The zero-order chi connectivity index (χ0) is 24.0. The van der Waals surface area contributed by atoms with Gasteiger partial charge in [-0.25, -0.2) is 14.7 Å². The highest BCUT2D eigenvalue weighted by molar-refractivity contribution is 5.78. The monoisotopic (exact) mass is 476 g/mol. The Labute approximate surface area is 203 Å². The second-order valence-electron chi connectivity index (χ2n) is 8.45. The van der Waals surface area contributed by atoms with Crippen LogP contribution in [0.1, 0.15) is 24.8 Å². The molecule has 1 fully saturated rings. The van der Waals surface area contributed by atoms with Crippen LogP contribution >= 0.6 is 0 Å². The lowest BCUT2D eigenvalue weighted by Gasteiger charge is -2.23. The van der Waals surface area contributed by atoms with E-state index in [0.29, 0.717) is 30.6 Å². The molecule has 5 rings (SSSR count). The average Bonchev–Trinajstić information content (AvgIpc) is 3.29. The predicted molar refractivity (Wildman–Crippen MR) is 129 cm³/mol. The van der Waals surface area contributed by atoms with E-state index in [0.717, 1.165) is 54.4 Å². The molecule has 4 heterocycles. The number of nitrogens with zero attached hydrogens (tertiary/aromatic N) is 3. The lowest BCUT2D eigenvalue weighted by molar-refractivity contribution is 0.118. The van der Waals surface area contributed by atoms with Crippen molar-refractivity contribution in [3.63, 3.8) is 0 Å². The number of hydrogen-bond acceptors (Lipinski definition) is 8. The molecule has 0 saturated carbocycles. The van der Waals surface area contributed by atoms with E-state index in [1.807, 2.05) is 30.4 Å². The molecule has 1 N–H and O–H groups in total. The van der Waals surface area contributed by atoms with E-state index in [-0.39, 0.29) is 6.10 Å². The first kappa shape index (κ1) is 22.9. The van der Waals surface area contributed by atoms with Crippen LogP contribution in [0.3, 0.4) is 0 Å². The molecule has 0 spiro atoms. The largest absolute Gasteiger partial charge is 0.481 e. The summed E-state index contributed by atoms with van der Waals surface area (Å²) >= 11 is 0. The molecule has 3 aliphatic rings. The summed E-state index contributed by atoms with van der Waals surface area (Å²) in [7, 11) is 1.61. The number of nitrogens with one attached hydrogen (secondary N) is 1. The Hall–Kier alpha value is -3.85. The zero-order valence-corrected chi connectivity index (χ0v) is 19.6. The SMILES string of the molecule is COc1ccc2nccc(CCCNCC3CN(C4=COC=C(C5=CC=CCC5)O4)C(=O)O3)c2n1. The fourth-order valence-corrected chi connectivity index (χ4v) is 4.23. The minimum Gasteiger partial charge on any atom is -0.481 e. The van der Waals surface area contributed by atoms with Crippen molar-refractivity contribution in [1.82, 2.24) is 20.2 Å². The number of hydrogen-bond donors (Lipinski definition) is 1. The number of allylic oxidation sites excluding steroid dienone is 4. The van der Waals surface area contributed by atoms with Crippen LogP contribution in [-0.2, 0) is 20.6 Å². The van der Waals surface area contributed by atoms with E-state index >= 15 is 0 Å². The van der Waals surface area contributed by atoms with Crippen molar-refractivity contribution in [3.05, 3.63) is 77.9 Å². The van der Waals surface area contributed by atoms with Crippen LogP contribution in [-0.4, -0.2) is 53.8 Å². The highest BCUT2D eigenvalue weighted by Gasteiger charge is 2.36. The van der Waals surface area contributed by atoms with Gasteiger partial charge in [0.15, 0.2) is 12.0 Å². The highest BCUT2D eigenvalue weighted by atomic mass is 16.6. The van der Waals surface area contributed by atoms with E-state index in [1.165, 1.54) is 11.2 Å². The molecular weight excluding hydrogens is 448 g/mol. The Morgan fingerprint density at radius 1 is 1.26 bits per heavy atom. The normalized spacial score (nSPS) is 19.5. The molecule has 0 radical (unpaired) electrons. The minimum absolute atomic E-state index is 0.272. The molecule has 0 aromatic carbocycles. The number of carbonyl (C=O) groups excluding carboxylic acids is 1. The van der Waals surface area contributed by atoms with Gasteiger partial charge in [0, 0.05) is 18.8 Å². The van der Waals surface area contributed by atoms with Gasteiger partial charge in [0.1, 0.15) is 12.4 Å². The van der Waals surface area contributed by atoms with Crippen LogP contribution in [0.2, 0.25) is 0 Å². The standard InChI is InChI=1S/C26H28N4O5/c1-32-23-10-9-21-25(29-23)19(11-13-28-21)8-5-12-27-14-20-15-30(26(31)34-20)24-17-33-16-22(35-24)18-6-3-2-4-7-18/h2-3,6,9-11,13,16-17,20,27H,4-5,7-8,12,14-15H2,1H3. The molecule has 1 aliphatic carbocycles. The molecule has 1 amide bonds. The number of ether oxygens (including phenoxy) is 4. The van der Waals surface area contributed by atoms with Crippen LogP contribution < -0.4 is 10.1 Å². The number of aromatic nitrogens is 2. The van der Waals surface area contributed by atoms with Gasteiger partial charge in [0.05, 0.1) is 24.7 Å². The van der Waals surface area contributed by atoms with E-state index in [1.54, 1.807) is 19.6 Å². The first-order chi connectivity index (χ1) is 17.2. The maximum Gasteiger partial charge on any atom is 0.417 e. The molecule has 0 bridgehead atoms. The summed E-state index contributed by atoms with van der Waals surface area (Å²) in [4.78, 5) is 22.8. The highest BCUT2D eigenvalue weighted by Crippen LogP contribution is 2.29. The fourth-order valence-electron chi connectivity index (χ4n) is 4.23. The first-order valence-corrected chi connectivity index (χ1v) is 11.8. The Morgan fingerprint density at radius 3 is 3.06 bits per heavy atom. The number of pyridine rings is 2. The number of aryl methyl sites for hydroxylation is 1. The Kier molecular flexibility index (Phi) is 6.94. The number of cyclic esters (lactones) is 1. The number of rotatable bonds is 9. The first-order valence-electron chi connectivity index (χ1n) is 11.8. The van der Waals surface area contributed by atoms with Gasteiger partial charge in [-0.15, -0.1) is 0 Å². The van der Waals surface area contributed by atoms with Crippen LogP contribution in [0.4, 0.5) is 4.79 Å². The Bertz CT molecular complexity index is 1220. The predicted octanol–water partition coefficient (Wildman–Crippen LogP) is 3.94. The third kappa shape index (κ3) is 5.30. The van der Waals surface area contributed by atoms with Gasteiger partial charge < -0.3 is 24.3 Å². The van der Waals surface area contributed by atoms with Gasteiger partial charge in [0.2, 0.25) is 11.8 Å². The van der Waals surface area contributed by atoms with Gasteiger partial charge in [-0.2, -0.15) is 0 Å². The van der Waals surface area contributed by atoms with Crippen LogP contribution in [0, 0.1) is 0 Å². The summed E-state index contributed by atoms with van der Waals surface area (Å²) in [5.74, 6) is 1.55. The van der Waals surface area contributed by atoms with Crippen molar-refractivity contribution < 1.29 is 23.7 Å². The molecule has 1 unspecified atom stereocenters. The number of carbonyl (C=O) groups is 1. The molecule has 182 valence electrons. The number of fused-ring (bicyclic) bond motifs is 1. The zero-order valence-electron chi connectivity index (χ0n) is 19.6. The van der Waals surface area contributed by atoms with Gasteiger partial charge in [-0.1, -0.05) is 18.2 Å². The van der Waals surface area contributed by atoms with Gasteiger partial charge in [-0.3, -0.25) is 4.98 Å². The van der Waals surface area contributed by atoms with Crippen LogP contribution in [0.5, 0.6) is 5.88 Å². The lowest BCUT2D eigenvalue weighted by Crippen LogP contribution is -2.32. The Balaban J connectivity index is 1.09. The summed E-state index contributed by atoms with van der Waals surface area (Å²) in [6.07, 6.45) is 13.8. The van der Waals surface area contributed by atoms with Crippen molar-refractivity contribution in [3.8, 4) is 5.88 Å². The van der Waals surface area contributed by atoms with Crippen LogP contribution in [0.15, 0.2) is 72.4 Å². The summed E-state index contributed by atoms with van der Waals surface area (Å²) in [6, 6.07) is 5.73.